The van der Waals surface area contributed by atoms with Crippen LogP contribution in [0.15, 0.2) is 0 Å². The Morgan fingerprint density at radius 1 is 1.00 bits per heavy atom. The number of rotatable bonds is 3. The first-order valence-electron chi connectivity index (χ1n) is 5.24. The molecule has 2 heteroatoms. The second kappa shape index (κ2) is 4.33. The Morgan fingerprint density at radius 2 is 1.29 bits per heavy atom. The van der Waals surface area contributed by atoms with E-state index in [0.29, 0.717) is 0 Å². The molecule has 0 atom stereocenters. The van der Waals surface area contributed by atoms with Gasteiger partial charge in [0.15, 0.2) is 0 Å². The monoisotopic (exact) mass is 200 g/mol. The molecular formula is C12H24O2. The highest BCUT2D eigenvalue weighted by Crippen LogP contribution is 2.32. The van der Waals surface area contributed by atoms with E-state index >= 15 is 0 Å². The molecule has 14 heavy (non-hydrogen) atoms. The van der Waals surface area contributed by atoms with Gasteiger partial charge in [-0.2, -0.15) is 0 Å². The van der Waals surface area contributed by atoms with Crippen LogP contribution in [-0.2, 0) is 4.79 Å². The SMILES string of the molecule is CC(C)(C)CC(CC(C)(C)C)C(=O)O. The average molecular weight is 200 g/mol. The number of carbonyl (C=O) groups is 1. The molecule has 0 aromatic carbocycles. The molecule has 0 unspecified atom stereocenters. The molecule has 0 fully saturated rings. The largest absolute Gasteiger partial charge is 0.481 e. The number of hydrogen-bond donors (Lipinski definition) is 1. The first kappa shape index (κ1) is 13.5. The highest BCUT2D eigenvalue weighted by molar-refractivity contribution is 5.70. The summed E-state index contributed by atoms with van der Waals surface area (Å²) in [6.07, 6.45) is 1.50. The van der Waals surface area contributed by atoms with Crippen LogP contribution in [0.4, 0.5) is 0 Å². The van der Waals surface area contributed by atoms with Crippen LogP contribution < -0.4 is 0 Å². The molecule has 0 saturated heterocycles. The molecule has 0 rings (SSSR count). The van der Waals surface area contributed by atoms with Crippen LogP contribution in [0.2, 0.25) is 0 Å². The Kier molecular flexibility index (Phi) is 4.16. The van der Waals surface area contributed by atoms with Crippen LogP contribution in [0, 0.1) is 16.7 Å². The minimum atomic E-state index is -0.658. The Balaban J connectivity index is 4.40. The quantitative estimate of drug-likeness (QED) is 0.756. The van der Waals surface area contributed by atoms with Gasteiger partial charge in [0.25, 0.3) is 0 Å². The van der Waals surface area contributed by atoms with Gasteiger partial charge in [0.1, 0.15) is 0 Å². The van der Waals surface area contributed by atoms with Crippen molar-refractivity contribution >= 4 is 5.97 Å². The number of hydrogen-bond acceptors (Lipinski definition) is 1. The van der Waals surface area contributed by atoms with Gasteiger partial charge in [-0.25, -0.2) is 0 Å². The molecule has 0 aliphatic rings. The second-order valence-corrected chi connectivity index (χ2v) is 6.56. The van der Waals surface area contributed by atoms with Gasteiger partial charge in [-0.1, -0.05) is 41.5 Å². The van der Waals surface area contributed by atoms with Crippen LogP contribution in [0.25, 0.3) is 0 Å². The van der Waals surface area contributed by atoms with Crippen molar-refractivity contribution in [2.45, 2.75) is 54.4 Å². The lowest BCUT2D eigenvalue weighted by Gasteiger charge is -2.28. The summed E-state index contributed by atoms with van der Waals surface area (Å²) in [6, 6.07) is 0. The first-order chi connectivity index (χ1) is 6.01. The molecule has 2 nitrogen and oxygen atoms in total. The Morgan fingerprint density at radius 3 is 1.43 bits per heavy atom. The third kappa shape index (κ3) is 6.93. The normalized spacial score (nSPS) is 13.4. The number of carboxylic acids is 1. The van der Waals surface area contributed by atoms with Crippen LogP contribution in [-0.4, -0.2) is 11.1 Å². The lowest BCUT2D eigenvalue weighted by molar-refractivity contribution is -0.144. The van der Waals surface area contributed by atoms with E-state index in [1.165, 1.54) is 0 Å². The molecule has 0 saturated carbocycles. The van der Waals surface area contributed by atoms with Gasteiger partial charge in [-0.15, -0.1) is 0 Å². The zero-order chi connectivity index (χ0) is 11.6. The summed E-state index contributed by atoms with van der Waals surface area (Å²) in [4.78, 5) is 11.1. The average Bonchev–Trinajstić information content (AvgIpc) is 1.78. The molecule has 1 N–H and O–H groups in total. The molecule has 0 heterocycles. The van der Waals surface area contributed by atoms with Crippen molar-refractivity contribution in [3.63, 3.8) is 0 Å². The minimum Gasteiger partial charge on any atom is -0.481 e. The fourth-order valence-corrected chi connectivity index (χ4v) is 1.73. The van der Waals surface area contributed by atoms with Gasteiger partial charge >= 0.3 is 5.97 Å². The van der Waals surface area contributed by atoms with Crippen molar-refractivity contribution in [2.75, 3.05) is 0 Å². The molecule has 0 amide bonds. The van der Waals surface area contributed by atoms with Crippen molar-refractivity contribution in [1.29, 1.82) is 0 Å². The van der Waals surface area contributed by atoms with Crippen LogP contribution in [0.1, 0.15) is 54.4 Å². The zero-order valence-corrected chi connectivity index (χ0v) is 10.3. The van der Waals surface area contributed by atoms with E-state index in [4.69, 9.17) is 5.11 Å². The predicted molar refractivity (Wildman–Crippen MR) is 59.3 cm³/mol. The lowest BCUT2D eigenvalue weighted by atomic mass is 9.77. The van der Waals surface area contributed by atoms with Gasteiger partial charge in [-0.05, 0) is 23.7 Å². The summed E-state index contributed by atoms with van der Waals surface area (Å²) in [7, 11) is 0. The standard InChI is InChI=1S/C12H24O2/c1-11(2,3)7-9(10(13)14)8-12(4,5)6/h9H,7-8H2,1-6H3,(H,13,14). The van der Waals surface area contributed by atoms with Gasteiger partial charge in [0.05, 0.1) is 5.92 Å². The molecule has 0 radical (unpaired) electrons. The van der Waals surface area contributed by atoms with Crippen molar-refractivity contribution in [1.82, 2.24) is 0 Å². The smallest absolute Gasteiger partial charge is 0.306 e. The molecule has 0 aliphatic heterocycles. The van der Waals surface area contributed by atoms with E-state index in [1.54, 1.807) is 0 Å². The Bertz CT molecular complexity index is 177. The maximum Gasteiger partial charge on any atom is 0.306 e. The van der Waals surface area contributed by atoms with Crippen LogP contribution in [0.3, 0.4) is 0 Å². The summed E-state index contributed by atoms with van der Waals surface area (Å²) >= 11 is 0. The first-order valence-corrected chi connectivity index (χ1v) is 5.24. The van der Waals surface area contributed by atoms with E-state index in [-0.39, 0.29) is 16.7 Å². The third-order valence-electron chi connectivity index (χ3n) is 2.07. The maximum atomic E-state index is 11.1. The highest BCUT2D eigenvalue weighted by atomic mass is 16.4. The molecule has 0 aromatic heterocycles. The van der Waals surface area contributed by atoms with Gasteiger partial charge in [-0.3, -0.25) is 4.79 Å². The van der Waals surface area contributed by atoms with Crippen molar-refractivity contribution in [3.8, 4) is 0 Å². The highest BCUT2D eigenvalue weighted by Gasteiger charge is 2.28. The Hall–Kier alpha value is -0.530. The summed E-state index contributed by atoms with van der Waals surface area (Å²) in [5.41, 5.74) is 0.183. The third-order valence-corrected chi connectivity index (χ3v) is 2.07. The minimum absolute atomic E-state index is 0.0916. The van der Waals surface area contributed by atoms with Crippen molar-refractivity contribution in [2.24, 2.45) is 16.7 Å². The van der Waals surface area contributed by atoms with Crippen molar-refractivity contribution < 1.29 is 9.90 Å². The Labute approximate surface area is 87.7 Å². The van der Waals surface area contributed by atoms with E-state index in [9.17, 15) is 4.79 Å². The van der Waals surface area contributed by atoms with Crippen molar-refractivity contribution in [3.05, 3.63) is 0 Å². The fourth-order valence-electron chi connectivity index (χ4n) is 1.73. The van der Waals surface area contributed by atoms with Gasteiger partial charge < -0.3 is 5.11 Å². The predicted octanol–water partition coefficient (Wildman–Crippen LogP) is 3.56. The zero-order valence-electron chi connectivity index (χ0n) is 10.3. The topological polar surface area (TPSA) is 37.3 Å². The molecular weight excluding hydrogens is 176 g/mol. The van der Waals surface area contributed by atoms with Crippen LogP contribution in [0.5, 0.6) is 0 Å². The summed E-state index contributed by atoms with van der Waals surface area (Å²) in [6.45, 7) is 12.5. The van der Waals surface area contributed by atoms with E-state index in [1.807, 2.05) is 0 Å². The van der Waals surface area contributed by atoms with E-state index in [0.717, 1.165) is 12.8 Å². The van der Waals surface area contributed by atoms with Gasteiger partial charge in [0, 0.05) is 0 Å². The van der Waals surface area contributed by atoms with E-state index < -0.39 is 5.97 Å². The summed E-state index contributed by atoms with van der Waals surface area (Å²) < 4.78 is 0. The molecule has 0 aliphatic carbocycles. The summed E-state index contributed by atoms with van der Waals surface area (Å²) in [5, 5.41) is 9.10. The molecule has 84 valence electrons. The maximum absolute atomic E-state index is 11.1. The van der Waals surface area contributed by atoms with E-state index in [2.05, 4.69) is 41.5 Å². The number of carboxylic acid groups (broad SMARTS) is 1. The molecule has 0 aromatic rings. The van der Waals surface area contributed by atoms with Gasteiger partial charge in [0.2, 0.25) is 0 Å². The molecule has 0 bridgehead atoms. The summed E-state index contributed by atoms with van der Waals surface area (Å²) in [5.74, 6) is -0.871. The van der Waals surface area contributed by atoms with Crippen LogP contribution >= 0.6 is 0 Å². The fraction of sp³-hybridized carbons (Fsp3) is 0.917. The second-order valence-electron chi connectivity index (χ2n) is 6.56. The molecule has 0 spiro atoms. The lowest BCUT2D eigenvalue weighted by Crippen LogP contribution is -2.25. The number of aliphatic carboxylic acids is 1.